The van der Waals surface area contributed by atoms with Crippen molar-refractivity contribution in [2.45, 2.75) is 89.0 Å². The van der Waals surface area contributed by atoms with Crippen molar-refractivity contribution in [1.29, 1.82) is 0 Å². The molecule has 6 amide bonds. The lowest BCUT2D eigenvalue weighted by atomic mass is 10.0. The summed E-state index contributed by atoms with van der Waals surface area (Å²) < 4.78 is 0. The molecule has 0 unspecified atom stereocenters. The standard InChI is InChI=1S/C38H53N9O8/c1-22(2)16-25(39)21-44-29(19-33(41)49)37(54)45-28(12-13-32(40)48)36(53)47-31(18-24-20-43-27-11-7-6-10-26(24)27)38(55)46-30(17-23-8-4-3-5-9-23)35(52)42-15-14-34(50)51/h3-11,20,22,25,28-31,43-44H,12-19,21,39H2,1-2H3,(H2,40,48)(H2,41,49)(H,42,52)(H,45,54)(H,46,55)(H,47,53)(H,50,51)/t25-,28-,29-,30-,31-/m0/s1. The quantitative estimate of drug-likeness (QED) is 0.0557. The number of nitrogens with two attached hydrogens (primary N) is 3. The number of hydrogen-bond acceptors (Lipinski definition) is 9. The van der Waals surface area contributed by atoms with Crippen LogP contribution in [0.25, 0.3) is 10.9 Å². The van der Waals surface area contributed by atoms with E-state index in [1.165, 1.54) is 0 Å². The van der Waals surface area contributed by atoms with Gasteiger partial charge in [-0.15, -0.1) is 0 Å². The van der Waals surface area contributed by atoms with Crippen LogP contribution in [-0.4, -0.2) is 94.8 Å². The monoisotopic (exact) mass is 763 g/mol. The zero-order valence-electron chi connectivity index (χ0n) is 31.1. The Bertz CT molecular complexity index is 1780. The van der Waals surface area contributed by atoms with Crippen LogP contribution >= 0.6 is 0 Å². The topological polar surface area (TPSA) is 294 Å². The SMILES string of the molecule is CC(C)C[C@H](N)CN[C@@H](CC(N)=O)C(=O)N[C@@H](CCC(N)=O)C(=O)N[C@@H](Cc1c[nH]c2ccccc12)C(=O)N[C@@H](Cc1ccccc1)C(=O)NCCC(=O)O. The lowest BCUT2D eigenvalue weighted by molar-refractivity contribution is -0.137. The minimum Gasteiger partial charge on any atom is -0.481 e. The minimum atomic E-state index is -1.39. The van der Waals surface area contributed by atoms with E-state index in [0.717, 1.165) is 10.9 Å². The van der Waals surface area contributed by atoms with Crippen molar-refractivity contribution in [3.8, 4) is 0 Å². The van der Waals surface area contributed by atoms with E-state index >= 15 is 0 Å². The van der Waals surface area contributed by atoms with Gasteiger partial charge in [0.1, 0.15) is 18.1 Å². The average molecular weight is 764 g/mol. The molecule has 55 heavy (non-hydrogen) atoms. The zero-order valence-corrected chi connectivity index (χ0v) is 31.1. The number of hydrogen-bond donors (Lipinski definition) is 10. The van der Waals surface area contributed by atoms with Gasteiger partial charge >= 0.3 is 5.97 Å². The van der Waals surface area contributed by atoms with Crippen molar-refractivity contribution in [3.05, 3.63) is 71.9 Å². The fraction of sp³-hybridized carbons (Fsp3) is 0.447. The van der Waals surface area contributed by atoms with Gasteiger partial charge in [-0.25, -0.2) is 0 Å². The molecule has 0 saturated heterocycles. The lowest BCUT2D eigenvalue weighted by Crippen LogP contribution is -2.59. The van der Waals surface area contributed by atoms with E-state index in [9.17, 15) is 33.6 Å². The van der Waals surface area contributed by atoms with Gasteiger partial charge in [-0.3, -0.25) is 33.6 Å². The Kier molecular flexibility index (Phi) is 17.3. The number of rotatable bonds is 24. The number of H-pyrrole nitrogens is 1. The number of aromatic amines is 1. The molecule has 1 aromatic heterocycles. The molecule has 0 spiro atoms. The minimum absolute atomic E-state index is 0.0472. The molecule has 2 aromatic carbocycles. The molecule has 0 aliphatic rings. The van der Waals surface area contributed by atoms with E-state index in [4.69, 9.17) is 22.3 Å². The molecule has 0 bridgehead atoms. The van der Waals surface area contributed by atoms with Crippen molar-refractivity contribution in [2.24, 2.45) is 23.1 Å². The van der Waals surface area contributed by atoms with Crippen molar-refractivity contribution in [1.82, 2.24) is 31.6 Å². The maximum absolute atomic E-state index is 14.1. The molecule has 0 aliphatic carbocycles. The predicted molar refractivity (Wildman–Crippen MR) is 205 cm³/mol. The number of nitrogens with one attached hydrogen (secondary N) is 6. The second-order valence-electron chi connectivity index (χ2n) is 13.9. The molecule has 3 rings (SSSR count). The summed E-state index contributed by atoms with van der Waals surface area (Å²) in [6.07, 6.45) is 1.02. The van der Waals surface area contributed by atoms with Crippen molar-refractivity contribution < 1.29 is 38.7 Å². The Balaban J connectivity index is 1.92. The summed E-state index contributed by atoms with van der Waals surface area (Å²) in [5.41, 5.74) is 19.1. The number of amides is 6. The van der Waals surface area contributed by atoms with Gasteiger partial charge in [0, 0.05) is 55.5 Å². The summed E-state index contributed by atoms with van der Waals surface area (Å²) in [5, 5.41) is 23.3. The van der Waals surface area contributed by atoms with Crippen molar-refractivity contribution >= 4 is 52.3 Å². The second-order valence-corrected chi connectivity index (χ2v) is 13.9. The van der Waals surface area contributed by atoms with Gasteiger partial charge in [0.2, 0.25) is 35.4 Å². The number of benzene rings is 2. The highest BCUT2D eigenvalue weighted by atomic mass is 16.4. The van der Waals surface area contributed by atoms with Crippen LogP contribution in [0.5, 0.6) is 0 Å². The Morgan fingerprint density at radius 3 is 1.96 bits per heavy atom. The molecule has 298 valence electrons. The zero-order chi connectivity index (χ0) is 40.5. The first-order valence-electron chi connectivity index (χ1n) is 18.2. The number of carbonyl (C=O) groups is 7. The Hall–Kier alpha value is -5.81. The summed E-state index contributed by atoms with van der Waals surface area (Å²) in [7, 11) is 0. The summed E-state index contributed by atoms with van der Waals surface area (Å²) in [4.78, 5) is 93.0. The smallest absolute Gasteiger partial charge is 0.305 e. The lowest BCUT2D eigenvalue weighted by Gasteiger charge is -2.27. The van der Waals surface area contributed by atoms with E-state index in [1.54, 1.807) is 36.5 Å². The molecule has 3 aromatic rings. The number of fused-ring (bicyclic) bond motifs is 1. The van der Waals surface area contributed by atoms with Crippen molar-refractivity contribution in [2.75, 3.05) is 13.1 Å². The van der Waals surface area contributed by atoms with Crippen LogP contribution in [0.1, 0.15) is 57.1 Å². The summed E-state index contributed by atoms with van der Waals surface area (Å²) >= 11 is 0. The van der Waals surface area contributed by atoms with Crippen LogP contribution in [-0.2, 0) is 46.4 Å². The third-order valence-corrected chi connectivity index (χ3v) is 8.72. The Morgan fingerprint density at radius 2 is 1.33 bits per heavy atom. The Morgan fingerprint density at radius 1 is 0.727 bits per heavy atom. The normalized spacial score (nSPS) is 13.9. The molecule has 1 heterocycles. The van der Waals surface area contributed by atoms with Gasteiger partial charge in [-0.05, 0) is 36.0 Å². The molecule has 17 nitrogen and oxygen atoms in total. The summed E-state index contributed by atoms with van der Waals surface area (Å²) in [6, 6.07) is 10.8. The average Bonchev–Trinajstić information content (AvgIpc) is 3.53. The highest BCUT2D eigenvalue weighted by molar-refractivity contribution is 5.96. The van der Waals surface area contributed by atoms with Crippen LogP contribution in [0.4, 0.5) is 0 Å². The Labute approximate surface area is 319 Å². The number of para-hydroxylation sites is 1. The fourth-order valence-electron chi connectivity index (χ4n) is 6.02. The maximum Gasteiger partial charge on any atom is 0.305 e. The summed E-state index contributed by atoms with van der Waals surface area (Å²) in [5.74, 6) is -5.36. The molecule has 5 atom stereocenters. The van der Waals surface area contributed by atoms with Gasteiger partial charge in [-0.2, -0.15) is 0 Å². The van der Waals surface area contributed by atoms with Crippen LogP contribution < -0.4 is 43.8 Å². The van der Waals surface area contributed by atoms with Crippen LogP contribution in [0.2, 0.25) is 0 Å². The first kappa shape index (κ1) is 43.6. The highest BCUT2D eigenvalue weighted by Gasteiger charge is 2.32. The number of carboxylic acid groups (broad SMARTS) is 1. The first-order valence-corrected chi connectivity index (χ1v) is 18.2. The van der Waals surface area contributed by atoms with E-state index in [-0.39, 0.29) is 57.2 Å². The van der Waals surface area contributed by atoms with E-state index in [1.807, 2.05) is 38.1 Å². The van der Waals surface area contributed by atoms with E-state index < -0.39 is 72.0 Å². The highest BCUT2D eigenvalue weighted by Crippen LogP contribution is 2.20. The number of carboxylic acids is 1. The molecular formula is C38H53N9O8. The molecule has 0 radical (unpaired) electrons. The van der Waals surface area contributed by atoms with Crippen LogP contribution in [0.15, 0.2) is 60.8 Å². The first-order chi connectivity index (χ1) is 26.1. The van der Waals surface area contributed by atoms with Gasteiger partial charge in [0.05, 0.1) is 18.9 Å². The fourth-order valence-corrected chi connectivity index (χ4v) is 6.02. The van der Waals surface area contributed by atoms with Crippen LogP contribution in [0.3, 0.4) is 0 Å². The van der Waals surface area contributed by atoms with Gasteiger partial charge in [-0.1, -0.05) is 62.4 Å². The number of primary amides is 2. The number of aliphatic carboxylic acids is 1. The van der Waals surface area contributed by atoms with E-state index in [2.05, 4.69) is 31.6 Å². The molecule has 17 heteroatoms. The molecule has 0 saturated carbocycles. The predicted octanol–water partition coefficient (Wildman–Crippen LogP) is -0.529. The maximum atomic E-state index is 14.1. The third-order valence-electron chi connectivity index (χ3n) is 8.72. The second kappa shape index (κ2) is 21.8. The van der Waals surface area contributed by atoms with E-state index in [0.29, 0.717) is 17.5 Å². The molecule has 13 N–H and O–H groups in total. The third kappa shape index (κ3) is 15.2. The van der Waals surface area contributed by atoms with Gasteiger partial charge in [0.25, 0.3) is 0 Å². The van der Waals surface area contributed by atoms with Gasteiger partial charge in [0.15, 0.2) is 0 Å². The number of aromatic nitrogens is 1. The van der Waals surface area contributed by atoms with Gasteiger partial charge < -0.3 is 53.9 Å². The van der Waals surface area contributed by atoms with Crippen molar-refractivity contribution in [3.63, 3.8) is 0 Å². The largest absolute Gasteiger partial charge is 0.481 e. The molecule has 0 aliphatic heterocycles. The van der Waals surface area contributed by atoms with Crippen LogP contribution in [0, 0.1) is 5.92 Å². The molecule has 0 fully saturated rings. The summed E-state index contributed by atoms with van der Waals surface area (Å²) in [6.45, 7) is 3.97. The number of carbonyl (C=O) groups excluding carboxylic acids is 6. The molecular weight excluding hydrogens is 710 g/mol.